The van der Waals surface area contributed by atoms with Gasteiger partial charge in [0.25, 0.3) is 0 Å². The van der Waals surface area contributed by atoms with Gasteiger partial charge in [-0.15, -0.1) is 0 Å². The van der Waals surface area contributed by atoms with Gasteiger partial charge in [0.05, 0.1) is 0 Å². The predicted octanol–water partition coefficient (Wildman–Crippen LogP) is 3.15. The minimum Gasteiger partial charge on any atom is -0.333 e. The highest BCUT2D eigenvalue weighted by Gasteiger charge is 2.47. The molecule has 32 heavy (non-hydrogen) atoms. The summed E-state index contributed by atoms with van der Waals surface area (Å²) in [6.45, 7) is 1.87. The lowest BCUT2D eigenvalue weighted by Gasteiger charge is -2.38. The van der Waals surface area contributed by atoms with Gasteiger partial charge in [0.1, 0.15) is 6.54 Å². The van der Waals surface area contributed by atoms with E-state index in [0.717, 1.165) is 30.5 Å². The first kappa shape index (κ1) is 20.7. The van der Waals surface area contributed by atoms with Gasteiger partial charge in [-0.1, -0.05) is 48.5 Å². The van der Waals surface area contributed by atoms with E-state index in [1.807, 2.05) is 58.3 Å². The number of benzene rings is 2. The minimum absolute atomic E-state index is 0.0155. The second kappa shape index (κ2) is 8.41. The van der Waals surface area contributed by atoms with Crippen LogP contribution in [0.5, 0.6) is 0 Å². The molecule has 0 saturated carbocycles. The van der Waals surface area contributed by atoms with Crippen molar-refractivity contribution in [2.75, 3.05) is 24.5 Å². The minimum atomic E-state index is -0.291. The van der Waals surface area contributed by atoms with E-state index in [1.54, 1.807) is 4.90 Å². The molecule has 3 heterocycles. The summed E-state index contributed by atoms with van der Waals surface area (Å²) in [6.07, 6.45) is 3.94. The second-order valence-corrected chi connectivity index (χ2v) is 9.18. The number of amides is 3. The number of para-hydroxylation sites is 1. The molecule has 3 aliphatic rings. The quantitative estimate of drug-likeness (QED) is 0.747. The molecule has 0 bridgehead atoms. The van der Waals surface area contributed by atoms with Crippen molar-refractivity contribution in [2.24, 2.45) is 0 Å². The molecule has 2 aromatic carbocycles. The normalized spacial score (nSPS) is 23.1. The van der Waals surface area contributed by atoms with E-state index in [-0.39, 0.29) is 29.8 Å². The number of anilines is 1. The Labute approximate surface area is 188 Å². The van der Waals surface area contributed by atoms with Crippen LogP contribution in [0.25, 0.3) is 0 Å². The number of rotatable bonds is 4. The van der Waals surface area contributed by atoms with Gasteiger partial charge >= 0.3 is 0 Å². The molecule has 0 radical (unpaired) electrons. The van der Waals surface area contributed by atoms with Crippen LogP contribution < -0.4 is 4.90 Å². The van der Waals surface area contributed by atoms with Crippen molar-refractivity contribution in [3.63, 3.8) is 0 Å². The van der Waals surface area contributed by atoms with Crippen LogP contribution in [-0.2, 0) is 27.3 Å². The average molecular weight is 432 g/mol. The monoisotopic (exact) mass is 431 g/mol. The summed E-state index contributed by atoms with van der Waals surface area (Å²) in [4.78, 5) is 44.3. The van der Waals surface area contributed by atoms with Crippen molar-refractivity contribution in [1.29, 1.82) is 0 Å². The van der Waals surface area contributed by atoms with Gasteiger partial charge in [-0.05, 0) is 42.9 Å². The molecule has 0 N–H and O–H groups in total. The lowest BCUT2D eigenvalue weighted by atomic mass is 9.87. The number of fused-ring (bicyclic) bond motifs is 1. The van der Waals surface area contributed by atoms with Gasteiger partial charge in [-0.25, -0.2) is 0 Å². The fourth-order valence-electron chi connectivity index (χ4n) is 5.52. The molecule has 5 rings (SSSR count). The van der Waals surface area contributed by atoms with Crippen molar-refractivity contribution >= 4 is 23.4 Å². The SMILES string of the molecule is O=C1CCC2(CCC(=O)N2Cc2ccccc2)CCN1CC(=O)N1CCc2ccccc21. The first-order valence-corrected chi connectivity index (χ1v) is 11.6. The molecule has 3 aliphatic heterocycles. The number of likely N-dealkylation sites (tertiary alicyclic amines) is 2. The van der Waals surface area contributed by atoms with Crippen LogP contribution in [0, 0.1) is 0 Å². The van der Waals surface area contributed by atoms with Crippen molar-refractivity contribution in [2.45, 2.75) is 50.6 Å². The van der Waals surface area contributed by atoms with Crippen molar-refractivity contribution in [1.82, 2.24) is 9.80 Å². The van der Waals surface area contributed by atoms with Gasteiger partial charge in [0.15, 0.2) is 0 Å². The molecule has 1 spiro atoms. The summed E-state index contributed by atoms with van der Waals surface area (Å²) < 4.78 is 0. The summed E-state index contributed by atoms with van der Waals surface area (Å²) in [5.41, 5.74) is 2.97. The van der Waals surface area contributed by atoms with Crippen LogP contribution in [0.15, 0.2) is 54.6 Å². The third kappa shape index (κ3) is 3.78. The van der Waals surface area contributed by atoms with Crippen LogP contribution >= 0.6 is 0 Å². The van der Waals surface area contributed by atoms with Gasteiger partial charge in [0.2, 0.25) is 17.7 Å². The van der Waals surface area contributed by atoms with Crippen molar-refractivity contribution in [3.05, 3.63) is 65.7 Å². The molecule has 1 atom stereocenters. The summed E-state index contributed by atoms with van der Waals surface area (Å²) in [5.74, 6) is 0.157. The number of nitrogens with zero attached hydrogens (tertiary/aromatic N) is 3. The Hall–Kier alpha value is -3.15. The summed E-state index contributed by atoms with van der Waals surface area (Å²) >= 11 is 0. The van der Waals surface area contributed by atoms with Gasteiger partial charge in [-0.2, -0.15) is 0 Å². The Morgan fingerprint density at radius 3 is 2.34 bits per heavy atom. The molecular weight excluding hydrogens is 402 g/mol. The maximum absolute atomic E-state index is 13.1. The molecular formula is C26H29N3O3. The highest BCUT2D eigenvalue weighted by Crippen LogP contribution is 2.40. The van der Waals surface area contributed by atoms with Gasteiger partial charge < -0.3 is 14.7 Å². The van der Waals surface area contributed by atoms with Crippen LogP contribution in [0.1, 0.15) is 43.2 Å². The van der Waals surface area contributed by atoms with Crippen molar-refractivity contribution in [3.8, 4) is 0 Å². The molecule has 0 aliphatic carbocycles. The van der Waals surface area contributed by atoms with E-state index in [2.05, 4.69) is 6.07 Å². The highest BCUT2D eigenvalue weighted by atomic mass is 16.2. The number of hydrogen-bond donors (Lipinski definition) is 0. The number of carbonyl (C=O) groups is 3. The number of carbonyl (C=O) groups excluding carboxylic acids is 3. The van der Waals surface area contributed by atoms with E-state index < -0.39 is 0 Å². The Morgan fingerprint density at radius 2 is 1.53 bits per heavy atom. The van der Waals surface area contributed by atoms with Crippen LogP contribution in [0.2, 0.25) is 0 Å². The maximum atomic E-state index is 13.1. The Kier molecular flexibility index (Phi) is 5.45. The summed E-state index contributed by atoms with van der Waals surface area (Å²) in [5, 5.41) is 0. The fraction of sp³-hybridized carbons (Fsp3) is 0.423. The third-order valence-electron chi connectivity index (χ3n) is 7.38. The van der Waals surface area contributed by atoms with Crippen LogP contribution in [0.4, 0.5) is 5.69 Å². The molecule has 1 unspecified atom stereocenters. The molecule has 166 valence electrons. The zero-order valence-electron chi connectivity index (χ0n) is 18.3. The summed E-state index contributed by atoms with van der Waals surface area (Å²) in [7, 11) is 0. The molecule has 2 fully saturated rings. The average Bonchev–Trinajstić information content (AvgIpc) is 3.33. The smallest absolute Gasteiger partial charge is 0.246 e. The van der Waals surface area contributed by atoms with E-state index in [9.17, 15) is 14.4 Å². The highest BCUT2D eigenvalue weighted by molar-refractivity contribution is 5.98. The van der Waals surface area contributed by atoms with Gasteiger partial charge in [-0.3, -0.25) is 14.4 Å². The standard InChI is InChI=1S/C26H29N3O3/c30-23-10-13-26(14-11-24(31)29(26)18-20-6-2-1-3-7-20)15-17-27(23)19-25(32)28-16-12-21-8-4-5-9-22(21)28/h1-9H,10-19H2. The van der Waals surface area contributed by atoms with E-state index in [4.69, 9.17) is 0 Å². The largest absolute Gasteiger partial charge is 0.333 e. The summed E-state index contributed by atoms with van der Waals surface area (Å²) in [6, 6.07) is 18.0. The Balaban J connectivity index is 1.29. The molecule has 3 amide bonds. The third-order valence-corrected chi connectivity index (χ3v) is 7.38. The van der Waals surface area contributed by atoms with Crippen LogP contribution in [0.3, 0.4) is 0 Å². The number of hydrogen-bond acceptors (Lipinski definition) is 3. The Morgan fingerprint density at radius 1 is 0.812 bits per heavy atom. The van der Waals surface area contributed by atoms with E-state index >= 15 is 0 Å². The second-order valence-electron chi connectivity index (χ2n) is 9.18. The molecule has 6 heteroatoms. The topological polar surface area (TPSA) is 60.9 Å². The Bertz CT molecular complexity index is 1040. The first-order valence-electron chi connectivity index (χ1n) is 11.6. The van der Waals surface area contributed by atoms with E-state index in [0.29, 0.717) is 38.9 Å². The zero-order valence-corrected chi connectivity index (χ0v) is 18.3. The molecule has 2 aromatic rings. The lowest BCUT2D eigenvalue weighted by molar-refractivity contribution is -0.135. The van der Waals surface area contributed by atoms with Gasteiger partial charge in [0, 0.05) is 43.7 Å². The van der Waals surface area contributed by atoms with Crippen molar-refractivity contribution < 1.29 is 14.4 Å². The molecule has 0 aromatic heterocycles. The molecule has 2 saturated heterocycles. The maximum Gasteiger partial charge on any atom is 0.246 e. The predicted molar refractivity (Wildman–Crippen MR) is 122 cm³/mol. The zero-order chi connectivity index (χ0) is 22.1. The first-order chi connectivity index (χ1) is 15.6. The fourth-order valence-corrected chi connectivity index (χ4v) is 5.52. The lowest BCUT2D eigenvalue weighted by Crippen LogP contribution is -2.46. The van der Waals surface area contributed by atoms with Crippen LogP contribution in [-0.4, -0.2) is 52.7 Å². The van der Waals surface area contributed by atoms with E-state index in [1.165, 1.54) is 5.56 Å². The molecule has 6 nitrogen and oxygen atoms in total.